The molecule has 1 heterocycles. The van der Waals surface area contributed by atoms with Gasteiger partial charge in [0.2, 0.25) is 11.8 Å². The first-order valence-corrected chi connectivity index (χ1v) is 8.59. The van der Waals surface area contributed by atoms with Gasteiger partial charge in [-0.05, 0) is 12.3 Å². The van der Waals surface area contributed by atoms with Crippen molar-refractivity contribution < 1.29 is 19.5 Å². The van der Waals surface area contributed by atoms with Crippen LogP contribution in [0.15, 0.2) is 36.5 Å². The van der Waals surface area contributed by atoms with Gasteiger partial charge in [-0.15, -0.1) is 5.10 Å². The molecule has 0 spiro atoms. The number of aromatic nitrogens is 3. The molecule has 0 bridgehead atoms. The molecular weight excluding hydrogens is 350 g/mol. The van der Waals surface area contributed by atoms with Crippen molar-refractivity contribution in [3.8, 4) is 11.3 Å². The number of benzene rings is 1. The molecule has 2 aromatic rings. The first-order chi connectivity index (χ1) is 12.8. The molecule has 9 heteroatoms. The van der Waals surface area contributed by atoms with Gasteiger partial charge in [0.15, 0.2) is 0 Å². The Morgan fingerprint density at radius 2 is 1.85 bits per heavy atom. The van der Waals surface area contributed by atoms with Crippen LogP contribution in [0.3, 0.4) is 0 Å². The largest absolute Gasteiger partial charge is 0.480 e. The van der Waals surface area contributed by atoms with Gasteiger partial charge in [-0.25, -0.2) is 9.48 Å². The molecule has 3 N–H and O–H groups in total. The molecule has 2 rings (SSSR count). The normalized spacial score (nSPS) is 11.8. The summed E-state index contributed by atoms with van der Waals surface area (Å²) in [6, 6.07) is 8.44. The second kappa shape index (κ2) is 9.46. The van der Waals surface area contributed by atoms with Gasteiger partial charge in [0, 0.05) is 5.56 Å². The van der Waals surface area contributed by atoms with Crippen LogP contribution in [0.5, 0.6) is 0 Å². The van der Waals surface area contributed by atoms with E-state index in [1.165, 1.54) is 4.68 Å². The predicted octanol–water partition coefficient (Wildman–Crippen LogP) is 0.677. The molecule has 0 aliphatic carbocycles. The van der Waals surface area contributed by atoms with Crippen molar-refractivity contribution in [1.29, 1.82) is 0 Å². The van der Waals surface area contributed by atoms with Crippen LogP contribution in [0.4, 0.5) is 0 Å². The smallest absolute Gasteiger partial charge is 0.326 e. The van der Waals surface area contributed by atoms with E-state index in [0.717, 1.165) is 5.56 Å². The number of carbonyl (C=O) groups excluding carboxylic acids is 2. The summed E-state index contributed by atoms with van der Waals surface area (Å²) in [7, 11) is 0. The van der Waals surface area contributed by atoms with E-state index in [1.807, 2.05) is 44.2 Å². The Bertz CT molecular complexity index is 788. The lowest BCUT2D eigenvalue weighted by Crippen LogP contribution is -2.46. The number of carboxylic acid groups (broad SMARTS) is 1. The van der Waals surface area contributed by atoms with Crippen LogP contribution in [-0.4, -0.2) is 50.5 Å². The molecule has 144 valence electrons. The average molecular weight is 373 g/mol. The molecule has 0 radical (unpaired) electrons. The van der Waals surface area contributed by atoms with E-state index < -0.39 is 23.8 Å². The maximum absolute atomic E-state index is 12.0. The van der Waals surface area contributed by atoms with Gasteiger partial charge in [0.05, 0.1) is 12.7 Å². The Morgan fingerprint density at radius 1 is 1.15 bits per heavy atom. The first-order valence-electron chi connectivity index (χ1n) is 8.59. The third-order valence-electron chi connectivity index (χ3n) is 3.70. The van der Waals surface area contributed by atoms with Crippen LogP contribution >= 0.6 is 0 Å². The minimum atomic E-state index is -1.10. The van der Waals surface area contributed by atoms with Crippen LogP contribution in [0.1, 0.15) is 20.3 Å². The Labute approximate surface area is 156 Å². The summed E-state index contributed by atoms with van der Waals surface area (Å²) in [5.74, 6) is -1.96. The fourth-order valence-corrected chi connectivity index (χ4v) is 2.44. The van der Waals surface area contributed by atoms with Crippen molar-refractivity contribution in [2.75, 3.05) is 6.54 Å². The van der Waals surface area contributed by atoms with Crippen molar-refractivity contribution in [3.05, 3.63) is 36.5 Å². The van der Waals surface area contributed by atoms with E-state index in [4.69, 9.17) is 5.11 Å². The maximum Gasteiger partial charge on any atom is 0.326 e. The van der Waals surface area contributed by atoms with Gasteiger partial charge in [-0.3, -0.25) is 9.59 Å². The van der Waals surface area contributed by atoms with Crippen LogP contribution in [0.2, 0.25) is 0 Å². The molecule has 1 aromatic heterocycles. The van der Waals surface area contributed by atoms with Crippen LogP contribution in [-0.2, 0) is 20.9 Å². The fraction of sp³-hybridized carbons (Fsp3) is 0.389. The summed E-state index contributed by atoms with van der Waals surface area (Å²) >= 11 is 0. The highest BCUT2D eigenvalue weighted by Crippen LogP contribution is 2.14. The van der Waals surface area contributed by atoms with Gasteiger partial charge in [0.1, 0.15) is 18.3 Å². The third kappa shape index (κ3) is 6.53. The minimum absolute atomic E-state index is 0.0958. The molecule has 0 saturated carbocycles. The summed E-state index contributed by atoms with van der Waals surface area (Å²) in [6.07, 6.45) is 1.95. The summed E-state index contributed by atoms with van der Waals surface area (Å²) in [5, 5.41) is 21.9. The molecule has 27 heavy (non-hydrogen) atoms. The highest BCUT2D eigenvalue weighted by atomic mass is 16.4. The monoisotopic (exact) mass is 373 g/mol. The number of carbonyl (C=O) groups is 3. The second-order valence-electron chi connectivity index (χ2n) is 6.53. The van der Waals surface area contributed by atoms with Crippen molar-refractivity contribution in [2.45, 2.75) is 32.9 Å². The van der Waals surface area contributed by atoms with Crippen molar-refractivity contribution in [1.82, 2.24) is 25.6 Å². The second-order valence-corrected chi connectivity index (χ2v) is 6.53. The number of rotatable bonds is 9. The van der Waals surface area contributed by atoms with E-state index in [9.17, 15) is 14.4 Å². The van der Waals surface area contributed by atoms with Crippen molar-refractivity contribution >= 4 is 17.8 Å². The van der Waals surface area contributed by atoms with E-state index >= 15 is 0 Å². The van der Waals surface area contributed by atoms with Gasteiger partial charge in [-0.2, -0.15) is 0 Å². The van der Waals surface area contributed by atoms with Crippen LogP contribution in [0.25, 0.3) is 11.3 Å². The molecule has 0 unspecified atom stereocenters. The number of amides is 2. The minimum Gasteiger partial charge on any atom is -0.480 e. The first kappa shape index (κ1) is 20.1. The van der Waals surface area contributed by atoms with Gasteiger partial charge in [0.25, 0.3) is 0 Å². The zero-order valence-corrected chi connectivity index (χ0v) is 15.3. The molecular formula is C18H23N5O4. The summed E-state index contributed by atoms with van der Waals surface area (Å²) in [4.78, 5) is 35.0. The zero-order chi connectivity index (χ0) is 19.8. The lowest BCUT2D eigenvalue weighted by atomic mass is 10.0. The number of nitrogens with one attached hydrogen (secondary N) is 2. The Hall–Kier alpha value is -3.23. The van der Waals surface area contributed by atoms with Crippen LogP contribution in [0, 0.1) is 5.92 Å². The molecule has 9 nitrogen and oxygen atoms in total. The molecule has 2 amide bonds. The molecule has 0 aliphatic rings. The van der Waals surface area contributed by atoms with Crippen LogP contribution < -0.4 is 10.6 Å². The van der Waals surface area contributed by atoms with Crippen molar-refractivity contribution in [2.24, 2.45) is 5.92 Å². The number of aliphatic carboxylic acids is 1. The summed E-state index contributed by atoms with van der Waals surface area (Å²) < 4.78 is 1.37. The number of carboxylic acids is 1. The van der Waals surface area contributed by atoms with E-state index in [0.29, 0.717) is 12.1 Å². The molecule has 1 aromatic carbocycles. The molecule has 0 fully saturated rings. The zero-order valence-electron chi connectivity index (χ0n) is 15.3. The Balaban J connectivity index is 1.81. The molecule has 0 saturated heterocycles. The molecule has 1 atom stereocenters. The number of nitrogens with zero attached hydrogens (tertiary/aromatic N) is 3. The lowest BCUT2D eigenvalue weighted by Gasteiger charge is -2.16. The van der Waals surface area contributed by atoms with Gasteiger partial charge < -0.3 is 15.7 Å². The molecule has 0 aliphatic heterocycles. The van der Waals surface area contributed by atoms with E-state index in [1.54, 1.807) is 6.20 Å². The number of hydrogen-bond donors (Lipinski definition) is 3. The maximum atomic E-state index is 12.0. The summed E-state index contributed by atoms with van der Waals surface area (Å²) in [5.41, 5.74) is 1.52. The SMILES string of the molecule is CC(C)C[C@H](NC(=O)CNC(=O)Cn1cc(-c2ccccc2)nn1)C(=O)O. The topological polar surface area (TPSA) is 126 Å². The quantitative estimate of drug-likeness (QED) is 0.593. The third-order valence-corrected chi connectivity index (χ3v) is 3.70. The van der Waals surface area contributed by atoms with Gasteiger partial charge >= 0.3 is 5.97 Å². The van der Waals surface area contributed by atoms with E-state index in [-0.39, 0.29) is 19.0 Å². The predicted molar refractivity (Wildman–Crippen MR) is 97.5 cm³/mol. The van der Waals surface area contributed by atoms with Gasteiger partial charge in [-0.1, -0.05) is 49.4 Å². The highest BCUT2D eigenvalue weighted by Gasteiger charge is 2.21. The number of hydrogen-bond acceptors (Lipinski definition) is 5. The lowest BCUT2D eigenvalue weighted by molar-refractivity contribution is -0.142. The standard InChI is InChI=1S/C18H23N5O4/c1-12(2)8-14(18(26)27)20-16(24)9-19-17(25)11-23-10-15(21-22-23)13-6-4-3-5-7-13/h3-7,10,12,14H,8-9,11H2,1-2H3,(H,19,25)(H,20,24)(H,26,27)/t14-/m0/s1. The van der Waals surface area contributed by atoms with Crippen molar-refractivity contribution in [3.63, 3.8) is 0 Å². The average Bonchev–Trinajstić information content (AvgIpc) is 3.08. The highest BCUT2D eigenvalue weighted by molar-refractivity contribution is 5.87. The fourth-order valence-electron chi connectivity index (χ4n) is 2.44. The summed E-state index contributed by atoms with van der Waals surface area (Å²) in [6.45, 7) is 3.33. The Kier molecular flexibility index (Phi) is 7.04. The Morgan fingerprint density at radius 3 is 2.48 bits per heavy atom. The van der Waals surface area contributed by atoms with E-state index in [2.05, 4.69) is 20.9 Å².